The minimum Gasteiger partial charge on any atom is -0.319 e. The number of piperidine rings is 1. The fraction of sp³-hybridized carbons (Fsp3) is 0.684. The average molecular weight is 286 g/mol. The topological polar surface area (TPSA) is 15.3 Å². The molecule has 1 saturated carbocycles. The second kappa shape index (κ2) is 6.93. The highest BCUT2D eigenvalue weighted by molar-refractivity contribution is 5.25. The smallest absolute Gasteiger partial charge is 0.0236 e. The quantitative estimate of drug-likeness (QED) is 0.886. The Bertz CT molecular complexity index is 439. The van der Waals surface area contributed by atoms with Gasteiger partial charge in [-0.2, -0.15) is 0 Å². The number of fused-ring (bicyclic) bond motifs is 1. The molecule has 2 heteroatoms. The maximum absolute atomic E-state index is 3.26. The lowest BCUT2D eigenvalue weighted by molar-refractivity contribution is 0.106. The molecule has 1 N–H and O–H groups in total. The summed E-state index contributed by atoms with van der Waals surface area (Å²) in [5, 5.41) is 3.26. The molecule has 116 valence electrons. The third kappa shape index (κ3) is 3.49. The van der Waals surface area contributed by atoms with Crippen LogP contribution in [0.25, 0.3) is 0 Å². The van der Waals surface area contributed by atoms with Gasteiger partial charge in [0.25, 0.3) is 0 Å². The zero-order valence-electron chi connectivity index (χ0n) is 13.6. The molecular formula is C19H30N2. The Kier molecular flexibility index (Phi) is 4.97. The monoisotopic (exact) mass is 286 g/mol. The van der Waals surface area contributed by atoms with Gasteiger partial charge in [0.15, 0.2) is 0 Å². The maximum Gasteiger partial charge on any atom is 0.0236 e. The lowest BCUT2D eigenvalue weighted by atomic mass is 9.91. The maximum atomic E-state index is 3.26. The first-order valence-electron chi connectivity index (χ1n) is 8.75. The summed E-state index contributed by atoms with van der Waals surface area (Å²) in [6, 6.07) is 10.2. The predicted molar refractivity (Wildman–Crippen MR) is 89.6 cm³/mol. The van der Waals surface area contributed by atoms with Gasteiger partial charge in [-0.3, -0.25) is 4.90 Å². The van der Waals surface area contributed by atoms with E-state index in [9.17, 15) is 0 Å². The number of nitrogens with zero attached hydrogens (tertiary/aromatic N) is 1. The van der Waals surface area contributed by atoms with E-state index in [1.54, 1.807) is 0 Å². The van der Waals surface area contributed by atoms with Crippen molar-refractivity contribution in [3.8, 4) is 0 Å². The Labute approximate surface area is 129 Å². The van der Waals surface area contributed by atoms with E-state index in [4.69, 9.17) is 0 Å². The lowest BCUT2D eigenvalue weighted by Gasteiger charge is -2.37. The van der Waals surface area contributed by atoms with E-state index >= 15 is 0 Å². The summed E-state index contributed by atoms with van der Waals surface area (Å²) in [4.78, 5) is 2.76. The molecule has 0 bridgehead atoms. The highest BCUT2D eigenvalue weighted by Crippen LogP contribution is 2.37. The van der Waals surface area contributed by atoms with Crippen molar-refractivity contribution >= 4 is 0 Å². The summed E-state index contributed by atoms with van der Waals surface area (Å²) < 4.78 is 0. The van der Waals surface area contributed by atoms with E-state index in [1.165, 1.54) is 49.8 Å². The Morgan fingerprint density at radius 2 is 1.90 bits per heavy atom. The Balaban J connectivity index is 1.62. The predicted octanol–water partition coefficient (Wildman–Crippen LogP) is 3.77. The number of hydrogen-bond acceptors (Lipinski definition) is 2. The Morgan fingerprint density at radius 1 is 1.14 bits per heavy atom. The van der Waals surface area contributed by atoms with Gasteiger partial charge in [0.1, 0.15) is 0 Å². The van der Waals surface area contributed by atoms with Gasteiger partial charge in [0.2, 0.25) is 0 Å². The molecule has 1 aromatic rings. The zero-order chi connectivity index (χ0) is 14.7. The van der Waals surface area contributed by atoms with Crippen molar-refractivity contribution in [2.24, 2.45) is 5.92 Å². The van der Waals surface area contributed by atoms with Crippen LogP contribution < -0.4 is 5.32 Å². The van der Waals surface area contributed by atoms with Crippen molar-refractivity contribution in [1.82, 2.24) is 10.2 Å². The average Bonchev–Trinajstić information content (AvgIpc) is 2.98. The zero-order valence-corrected chi connectivity index (χ0v) is 13.6. The molecule has 0 spiro atoms. The summed E-state index contributed by atoms with van der Waals surface area (Å²) in [6.45, 7) is 5.80. The number of rotatable bonds is 5. The SMILES string of the molecule is CNCC(C)c1ccc(CN2CCCC3CCCC32)cc1. The van der Waals surface area contributed by atoms with Crippen LogP contribution in [0.15, 0.2) is 24.3 Å². The van der Waals surface area contributed by atoms with Crippen LogP contribution in [-0.4, -0.2) is 31.1 Å². The van der Waals surface area contributed by atoms with Crippen molar-refractivity contribution < 1.29 is 0 Å². The van der Waals surface area contributed by atoms with E-state index in [0.717, 1.165) is 25.0 Å². The lowest BCUT2D eigenvalue weighted by Crippen LogP contribution is -2.41. The molecule has 1 aliphatic carbocycles. The summed E-state index contributed by atoms with van der Waals surface area (Å²) in [7, 11) is 2.03. The molecule has 1 saturated heterocycles. The van der Waals surface area contributed by atoms with Gasteiger partial charge in [-0.1, -0.05) is 37.6 Å². The molecule has 2 nitrogen and oxygen atoms in total. The van der Waals surface area contributed by atoms with Crippen LogP contribution in [0.1, 0.15) is 56.1 Å². The molecule has 0 aromatic heterocycles. The van der Waals surface area contributed by atoms with Gasteiger partial charge < -0.3 is 5.32 Å². The first-order valence-corrected chi connectivity index (χ1v) is 8.75. The van der Waals surface area contributed by atoms with Gasteiger partial charge in [0, 0.05) is 19.1 Å². The van der Waals surface area contributed by atoms with Crippen LogP contribution in [0, 0.1) is 5.92 Å². The number of likely N-dealkylation sites (tertiary alicyclic amines) is 1. The fourth-order valence-electron chi connectivity index (χ4n) is 4.36. The highest BCUT2D eigenvalue weighted by atomic mass is 15.2. The number of likely N-dealkylation sites (N-methyl/N-ethyl adjacent to an activating group) is 1. The van der Waals surface area contributed by atoms with Crippen molar-refractivity contribution in [3.63, 3.8) is 0 Å². The molecule has 2 aliphatic rings. The summed E-state index contributed by atoms with van der Waals surface area (Å²) in [6.07, 6.45) is 7.23. The second-order valence-electron chi connectivity index (χ2n) is 7.07. The normalized spacial score (nSPS) is 27.5. The summed E-state index contributed by atoms with van der Waals surface area (Å²) in [5.41, 5.74) is 2.94. The van der Waals surface area contributed by atoms with Gasteiger partial charge in [-0.05, 0) is 62.2 Å². The molecule has 21 heavy (non-hydrogen) atoms. The van der Waals surface area contributed by atoms with E-state index in [0.29, 0.717) is 5.92 Å². The first kappa shape index (κ1) is 15.1. The summed E-state index contributed by atoms with van der Waals surface area (Å²) in [5.74, 6) is 1.59. The summed E-state index contributed by atoms with van der Waals surface area (Å²) >= 11 is 0. The van der Waals surface area contributed by atoms with Crippen LogP contribution in [0.5, 0.6) is 0 Å². The van der Waals surface area contributed by atoms with Crippen LogP contribution in [0.2, 0.25) is 0 Å². The number of nitrogens with one attached hydrogen (secondary N) is 1. The Morgan fingerprint density at radius 3 is 2.67 bits per heavy atom. The molecule has 0 amide bonds. The van der Waals surface area contributed by atoms with Crippen LogP contribution in [-0.2, 0) is 6.54 Å². The molecule has 1 aliphatic heterocycles. The molecule has 0 radical (unpaired) electrons. The second-order valence-corrected chi connectivity index (χ2v) is 7.07. The van der Waals surface area contributed by atoms with Crippen molar-refractivity contribution in [2.75, 3.05) is 20.1 Å². The van der Waals surface area contributed by atoms with Crippen LogP contribution in [0.3, 0.4) is 0 Å². The number of benzene rings is 1. The largest absolute Gasteiger partial charge is 0.319 e. The van der Waals surface area contributed by atoms with E-state index in [1.807, 2.05) is 7.05 Å². The van der Waals surface area contributed by atoms with Crippen molar-refractivity contribution in [3.05, 3.63) is 35.4 Å². The fourth-order valence-corrected chi connectivity index (χ4v) is 4.36. The van der Waals surface area contributed by atoms with E-state index < -0.39 is 0 Å². The third-order valence-electron chi connectivity index (χ3n) is 5.55. The minimum atomic E-state index is 0.596. The Hall–Kier alpha value is -0.860. The molecule has 2 fully saturated rings. The minimum absolute atomic E-state index is 0.596. The standard InChI is InChI=1S/C19H30N2/c1-15(13-20-2)17-10-8-16(9-11-17)14-21-12-4-6-18-5-3-7-19(18)21/h8-11,15,18-20H,3-7,12-14H2,1-2H3. The van der Waals surface area contributed by atoms with Gasteiger partial charge >= 0.3 is 0 Å². The first-order chi connectivity index (χ1) is 10.3. The van der Waals surface area contributed by atoms with Crippen molar-refractivity contribution in [2.45, 2.75) is 57.5 Å². The van der Waals surface area contributed by atoms with Gasteiger partial charge in [-0.15, -0.1) is 0 Å². The molecule has 3 rings (SSSR count). The molecule has 1 heterocycles. The number of hydrogen-bond donors (Lipinski definition) is 1. The van der Waals surface area contributed by atoms with Crippen LogP contribution >= 0.6 is 0 Å². The molecule has 1 aromatic carbocycles. The van der Waals surface area contributed by atoms with Crippen LogP contribution in [0.4, 0.5) is 0 Å². The highest BCUT2D eigenvalue weighted by Gasteiger charge is 2.34. The van der Waals surface area contributed by atoms with Gasteiger partial charge in [-0.25, -0.2) is 0 Å². The van der Waals surface area contributed by atoms with E-state index in [-0.39, 0.29) is 0 Å². The van der Waals surface area contributed by atoms with E-state index in [2.05, 4.69) is 41.4 Å². The van der Waals surface area contributed by atoms with Gasteiger partial charge in [0.05, 0.1) is 0 Å². The van der Waals surface area contributed by atoms with Crippen molar-refractivity contribution in [1.29, 1.82) is 0 Å². The molecule has 3 atom stereocenters. The third-order valence-corrected chi connectivity index (χ3v) is 5.55. The molecular weight excluding hydrogens is 256 g/mol. The molecule has 3 unspecified atom stereocenters.